The van der Waals surface area contributed by atoms with Crippen LogP contribution in [0.25, 0.3) is 10.8 Å². The molecule has 6 heteroatoms. The summed E-state index contributed by atoms with van der Waals surface area (Å²) in [6.07, 6.45) is -1.19. The number of phenolic OH excluding ortho intramolecular Hbond substituents is 2. The third-order valence-corrected chi connectivity index (χ3v) is 4.14. The number of aliphatic hydroxyl groups is 1. The van der Waals surface area contributed by atoms with Gasteiger partial charge in [0.2, 0.25) is 5.75 Å². The zero-order valence-corrected chi connectivity index (χ0v) is 12.6. The first kappa shape index (κ1) is 14.7. The summed E-state index contributed by atoms with van der Waals surface area (Å²) in [5, 5.41) is 31.7. The van der Waals surface area contributed by atoms with Crippen LogP contribution in [0.4, 0.5) is 0 Å². The van der Waals surface area contributed by atoms with Crippen molar-refractivity contribution in [2.75, 3.05) is 14.2 Å². The Morgan fingerprint density at radius 2 is 1.77 bits per heavy atom. The molecular weight excluding hydrogens is 288 g/mol. The summed E-state index contributed by atoms with van der Waals surface area (Å²) in [6.45, 7) is 2.00. The molecule has 0 spiro atoms. The molecule has 0 radical (unpaired) electrons. The number of phenols is 2. The van der Waals surface area contributed by atoms with E-state index in [-0.39, 0.29) is 30.0 Å². The molecule has 0 aliphatic carbocycles. The minimum Gasteiger partial charge on any atom is -0.504 e. The summed E-state index contributed by atoms with van der Waals surface area (Å²) in [5.41, 5.74) is 1.26. The molecule has 2 aromatic carbocycles. The second kappa shape index (κ2) is 5.23. The Kier molecular flexibility index (Phi) is 3.50. The van der Waals surface area contributed by atoms with Gasteiger partial charge in [0, 0.05) is 10.8 Å². The summed E-state index contributed by atoms with van der Waals surface area (Å²) in [5.74, 6) is -0.0298. The fraction of sp³-hybridized carbons (Fsp3) is 0.375. The Balaban J connectivity index is 2.42. The highest BCUT2D eigenvalue weighted by Crippen LogP contribution is 2.49. The van der Waals surface area contributed by atoms with E-state index in [1.165, 1.54) is 14.2 Å². The van der Waals surface area contributed by atoms with Gasteiger partial charge in [-0.05, 0) is 30.2 Å². The summed E-state index contributed by atoms with van der Waals surface area (Å²) in [4.78, 5) is 0. The Hall–Kier alpha value is -2.18. The largest absolute Gasteiger partial charge is 0.504 e. The van der Waals surface area contributed by atoms with E-state index in [2.05, 4.69) is 0 Å². The summed E-state index contributed by atoms with van der Waals surface area (Å²) >= 11 is 0. The van der Waals surface area contributed by atoms with Gasteiger partial charge >= 0.3 is 0 Å². The fourth-order valence-electron chi connectivity index (χ4n) is 2.89. The average molecular weight is 306 g/mol. The molecule has 3 N–H and O–H groups in total. The Morgan fingerprint density at radius 1 is 1.09 bits per heavy atom. The zero-order chi connectivity index (χ0) is 16.0. The number of aliphatic hydroxyl groups excluding tert-OH is 1. The Morgan fingerprint density at radius 3 is 2.41 bits per heavy atom. The van der Waals surface area contributed by atoms with Crippen LogP contribution in [0.2, 0.25) is 0 Å². The van der Waals surface area contributed by atoms with Gasteiger partial charge in [-0.15, -0.1) is 0 Å². The van der Waals surface area contributed by atoms with E-state index in [1.807, 2.05) is 0 Å². The van der Waals surface area contributed by atoms with Crippen LogP contribution in [0.15, 0.2) is 12.1 Å². The number of fused-ring (bicyclic) bond motifs is 3. The minimum atomic E-state index is -0.828. The van der Waals surface area contributed by atoms with Crippen LogP contribution in [0, 0.1) is 0 Å². The van der Waals surface area contributed by atoms with Gasteiger partial charge in [-0.1, -0.05) is 0 Å². The second-order valence-corrected chi connectivity index (χ2v) is 5.31. The van der Waals surface area contributed by atoms with Crippen molar-refractivity contribution in [3.63, 3.8) is 0 Å². The van der Waals surface area contributed by atoms with Crippen molar-refractivity contribution < 1.29 is 29.5 Å². The molecule has 22 heavy (non-hydrogen) atoms. The smallest absolute Gasteiger partial charge is 0.201 e. The van der Waals surface area contributed by atoms with E-state index in [9.17, 15) is 15.3 Å². The first-order valence-electron chi connectivity index (χ1n) is 6.91. The molecule has 0 saturated carbocycles. The summed E-state index contributed by atoms with van der Waals surface area (Å²) in [6, 6.07) is 3.32. The SMILES string of the molecule is COc1cc2c(OC)cc3c(c2c(O)c1O)COC(C)C3O. The molecule has 1 aliphatic heterocycles. The lowest BCUT2D eigenvalue weighted by atomic mass is 9.90. The number of benzene rings is 2. The van der Waals surface area contributed by atoms with E-state index in [1.54, 1.807) is 19.1 Å². The van der Waals surface area contributed by atoms with E-state index < -0.39 is 6.10 Å². The van der Waals surface area contributed by atoms with E-state index in [0.717, 1.165) is 0 Å². The molecule has 0 fully saturated rings. The maximum atomic E-state index is 10.4. The highest BCUT2D eigenvalue weighted by atomic mass is 16.5. The van der Waals surface area contributed by atoms with Crippen molar-refractivity contribution in [1.82, 2.24) is 0 Å². The quantitative estimate of drug-likeness (QED) is 0.737. The first-order valence-corrected chi connectivity index (χ1v) is 6.91. The molecule has 0 aromatic heterocycles. The lowest BCUT2D eigenvalue weighted by Crippen LogP contribution is -2.25. The molecule has 1 heterocycles. The van der Waals surface area contributed by atoms with Crippen LogP contribution in [-0.4, -0.2) is 35.6 Å². The lowest BCUT2D eigenvalue weighted by Gasteiger charge is -2.30. The highest BCUT2D eigenvalue weighted by molar-refractivity contribution is 6.00. The number of ether oxygens (including phenoxy) is 3. The standard InChI is InChI=1S/C16H18O6/c1-7-14(17)8-4-11(20-2)9-5-12(21-3)15(18)16(19)13(9)10(8)6-22-7/h4-5,7,14,17-19H,6H2,1-3H3. The molecule has 6 nitrogen and oxygen atoms in total. The molecule has 3 rings (SSSR count). The molecule has 0 saturated heterocycles. The minimum absolute atomic E-state index is 0.147. The van der Waals surface area contributed by atoms with E-state index >= 15 is 0 Å². The van der Waals surface area contributed by atoms with Crippen LogP contribution in [0.1, 0.15) is 24.2 Å². The molecule has 2 atom stereocenters. The summed E-state index contributed by atoms with van der Waals surface area (Å²) in [7, 11) is 2.91. The van der Waals surface area contributed by atoms with Crippen molar-refractivity contribution in [3.05, 3.63) is 23.3 Å². The number of hydrogen-bond acceptors (Lipinski definition) is 6. The van der Waals surface area contributed by atoms with Gasteiger partial charge in [-0.2, -0.15) is 0 Å². The lowest BCUT2D eigenvalue weighted by molar-refractivity contribution is -0.0519. The van der Waals surface area contributed by atoms with Gasteiger partial charge in [0.1, 0.15) is 11.9 Å². The fourth-order valence-corrected chi connectivity index (χ4v) is 2.89. The number of hydrogen-bond donors (Lipinski definition) is 3. The summed E-state index contributed by atoms with van der Waals surface area (Å²) < 4.78 is 16.0. The Bertz CT molecular complexity index is 739. The highest BCUT2D eigenvalue weighted by Gasteiger charge is 2.30. The second-order valence-electron chi connectivity index (χ2n) is 5.31. The third-order valence-electron chi connectivity index (χ3n) is 4.14. The van der Waals surface area contributed by atoms with Crippen molar-refractivity contribution >= 4 is 10.8 Å². The molecule has 2 unspecified atom stereocenters. The maximum absolute atomic E-state index is 10.4. The molecular formula is C16H18O6. The van der Waals surface area contributed by atoms with Gasteiger partial charge in [-0.3, -0.25) is 0 Å². The van der Waals surface area contributed by atoms with Crippen LogP contribution in [-0.2, 0) is 11.3 Å². The first-order chi connectivity index (χ1) is 10.5. The van der Waals surface area contributed by atoms with Gasteiger partial charge in [0.25, 0.3) is 0 Å². The predicted octanol–water partition coefficient (Wildman–Crippen LogP) is 2.22. The number of methoxy groups -OCH3 is 2. The number of aromatic hydroxyl groups is 2. The van der Waals surface area contributed by atoms with Crippen LogP contribution in [0.5, 0.6) is 23.0 Å². The molecule has 0 amide bonds. The molecule has 2 aromatic rings. The third kappa shape index (κ3) is 1.95. The van der Waals surface area contributed by atoms with Crippen LogP contribution in [0.3, 0.4) is 0 Å². The van der Waals surface area contributed by atoms with Gasteiger partial charge in [0.05, 0.1) is 26.9 Å². The maximum Gasteiger partial charge on any atom is 0.201 e. The number of rotatable bonds is 2. The van der Waals surface area contributed by atoms with Crippen molar-refractivity contribution in [1.29, 1.82) is 0 Å². The molecule has 118 valence electrons. The monoisotopic (exact) mass is 306 g/mol. The Labute approximate surface area is 127 Å². The topological polar surface area (TPSA) is 88.4 Å². The average Bonchev–Trinajstić information content (AvgIpc) is 2.53. The van der Waals surface area contributed by atoms with Crippen molar-refractivity contribution in [2.24, 2.45) is 0 Å². The van der Waals surface area contributed by atoms with Crippen molar-refractivity contribution in [2.45, 2.75) is 25.7 Å². The van der Waals surface area contributed by atoms with Crippen molar-refractivity contribution in [3.8, 4) is 23.0 Å². The normalized spacial score (nSPS) is 20.7. The van der Waals surface area contributed by atoms with Gasteiger partial charge < -0.3 is 29.5 Å². The predicted molar refractivity (Wildman–Crippen MR) is 79.6 cm³/mol. The van der Waals surface area contributed by atoms with E-state index in [4.69, 9.17) is 14.2 Å². The van der Waals surface area contributed by atoms with Gasteiger partial charge in [-0.25, -0.2) is 0 Å². The molecule has 0 bridgehead atoms. The zero-order valence-electron chi connectivity index (χ0n) is 12.6. The van der Waals surface area contributed by atoms with E-state index in [0.29, 0.717) is 27.6 Å². The van der Waals surface area contributed by atoms with Crippen LogP contribution >= 0.6 is 0 Å². The van der Waals surface area contributed by atoms with Gasteiger partial charge in [0.15, 0.2) is 11.5 Å². The van der Waals surface area contributed by atoms with Crippen LogP contribution < -0.4 is 9.47 Å². The molecule has 1 aliphatic rings.